The molecule has 8 nitrogen and oxygen atoms in total. The number of benzene rings is 2. The van der Waals surface area contributed by atoms with Gasteiger partial charge in [-0.1, -0.05) is 24.3 Å². The van der Waals surface area contributed by atoms with Crippen LogP contribution in [0.5, 0.6) is 5.75 Å². The molecule has 1 aromatic heterocycles. The van der Waals surface area contributed by atoms with Crippen molar-refractivity contribution in [2.45, 2.75) is 44.1 Å². The molecule has 1 atom stereocenters. The van der Waals surface area contributed by atoms with Crippen LogP contribution in [-0.2, 0) is 21.4 Å². The normalized spacial score (nSPS) is 18.4. The Morgan fingerprint density at radius 2 is 1.70 bits per heavy atom. The fourth-order valence-corrected chi connectivity index (χ4v) is 4.41. The number of carbonyl (C=O) groups is 2. The SMILES string of the molecule is Cn1ncc2ccc(-c3ccc(OC4CCN(C(=O)[C@H]5CCCO5)CC4)cc3)cc21.O=C(O)C(F)(F)F. The maximum absolute atomic E-state index is 12.5. The smallest absolute Gasteiger partial charge is 0.490 e. The van der Waals surface area contributed by atoms with Gasteiger partial charge in [0.15, 0.2) is 0 Å². The van der Waals surface area contributed by atoms with Gasteiger partial charge in [-0.2, -0.15) is 18.3 Å². The topological polar surface area (TPSA) is 93.9 Å². The van der Waals surface area contributed by atoms with E-state index in [1.807, 2.05) is 35.0 Å². The van der Waals surface area contributed by atoms with Gasteiger partial charge in [0.05, 0.1) is 11.7 Å². The minimum atomic E-state index is -5.08. The number of aryl methyl sites for hydroxylation is 1. The van der Waals surface area contributed by atoms with Crippen molar-refractivity contribution < 1.29 is 37.3 Å². The molecule has 0 spiro atoms. The van der Waals surface area contributed by atoms with Crippen LogP contribution in [0.15, 0.2) is 48.7 Å². The maximum atomic E-state index is 12.5. The lowest BCUT2D eigenvalue weighted by Gasteiger charge is -2.33. The number of ether oxygens (including phenoxy) is 2. The largest absolute Gasteiger partial charge is 0.490 e. The zero-order valence-electron chi connectivity index (χ0n) is 20.3. The van der Waals surface area contributed by atoms with E-state index in [2.05, 4.69) is 35.4 Å². The fraction of sp³-hybridized carbons (Fsp3) is 0.423. The van der Waals surface area contributed by atoms with Crippen molar-refractivity contribution in [3.05, 3.63) is 48.7 Å². The first-order chi connectivity index (χ1) is 17.6. The number of aromatic nitrogens is 2. The predicted molar refractivity (Wildman–Crippen MR) is 129 cm³/mol. The Labute approximate surface area is 211 Å². The molecule has 0 radical (unpaired) electrons. The zero-order valence-corrected chi connectivity index (χ0v) is 20.3. The van der Waals surface area contributed by atoms with Gasteiger partial charge in [-0.25, -0.2) is 4.79 Å². The van der Waals surface area contributed by atoms with Crippen LogP contribution in [0.2, 0.25) is 0 Å². The zero-order chi connectivity index (χ0) is 26.6. The van der Waals surface area contributed by atoms with Crippen LogP contribution < -0.4 is 4.74 Å². The predicted octanol–water partition coefficient (Wildman–Crippen LogP) is 4.42. The summed E-state index contributed by atoms with van der Waals surface area (Å²) >= 11 is 0. The first-order valence-corrected chi connectivity index (χ1v) is 12.0. The summed E-state index contributed by atoms with van der Waals surface area (Å²) in [6, 6.07) is 14.7. The number of alkyl halides is 3. The standard InChI is InChI=1S/C24H27N3O3.C2HF3O2/c1-26-22-15-18(4-5-19(22)16-25-26)17-6-8-20(9-7-17)30-21-10-12-27(13-11-21)24(28)23-3-2-14-29-23;3-2(4,5)1(6)7/h4-9,15-16,21,23H,2-3,10-14H2,1H3;(H,6,7)/t23-;/m1./s1. The van der Waals surface area contributed by atoms with Crippen LogP contribution in [0.4, 0.5) is 13.2 Å². The number of amides is 1. The molecule has 0 aliphatic carbocycles. The number of carboxylic acid groups (broad SMARTS) is 1. The van der Waals surface area contributed by atoms with Crippen LogP contribution in [0.1, 0.15) is 25.7 Å². The summed E-state index contributed by atoms with van der Waals surface area (Å²) in [7, 11) is 1.96. The van der Waals surface area contributed by atoms with Gasteiger partial charge in [-0.3, -0.25) is 9.48 Å². The van der Waals surface area contributed by atoms with Gasteiger partial charge in [0.25, 0.3) is 5.91 Å². The van der Waals surface area contributed by atoms with Crippen molar-refractivity contribution in [2.24, 2.45) is 7.05 Å². The number of halogens is 3. The first-order valence-electron chi connectivity index (χ1n) is 12.0. The number of piperidine rings is 1. The molecular weight excluding hydrogens is 491 g/mol. The number of nitrogens with zero attached hydrogens (tertiary/aromatic N) is 3. The molecule has 11 heteroatoms. The lowest BCUT2D eigenvalue weighted by atomic mass is 10.0. The maximum Gasteiger partial charge on any atom is 0.490 e. The molecule has 3 heterocycles. The van der Waals surface area contributed by atoms with E-state index in [4.69, 9.17) is 19.4 Å². The van der Waals surface area contributed by atoms with Crippen LogP contribution in [0.25, 0.3) is 22.0 Å². The fourth-order valence-electron chi connectivity index (χ4n) is 4.41. The summed E-state index contributed by atoms with van der Waals surface area (Å²) in [5.74, 6) is -1.72. The molecule has 0 saturated carbocycles. The van der Waals surface area contributed by atoms with Gasteiger partial charge < -0.3 is 19.5 Å². The molecule has 0 bridgehead atoms. The quantitative estimate of drug-likeness (QED) is 0.549. The summed E-state index contributed by atoms with van der Waals surface area (Å²) < 4.78 is 45.4. The van der Waals surface area contributed by atoms with Crippen LogP contribution in [0, 0.1) is 0 Å². The molecule has 37 heavy (non-hydrogen) atoms. The highest BCUT2D eigenvalue weighted by atomic mass is 19.4. The average molecular weight is 520 g/mol. The molecule has 0 unspecified atom stereocenters. The summed E-state index contributed by atoms with van der Waals surface area (Å²) in [4.78, 5) is 23.3. The molecule has 5 rings (SSSR count). The number of carbonyl (C=O) groups excluding carboxylic acids is 1. The second kappa shape index (κ2) is 11.2. The van der Waals surface area contributed by atoms with E-state index >= 15 is 0 Å². The second-order valence-corrected chi connectivity index (χ2v) is 9.01. The number of aliphatic carboxylic acids is 1. The van der Waals surface area contributed by atoms with E-state index in [1.54, 1.807) is 0 Å². The van der Waals surface area contributed by atoms with Crippen molar-refractivity contribution in [3.63, 3.8) is 0 Å². The third kappa shape index (κ3) is 6.59. The number of carboxylic acids is 1. The van der Waals surface area contributed by atoms with E-state index in [0.717, 1.165) is 61.0 Å². The van der Waals surface area contributed by atoms with Crippen LogP contribution in [-0.4, -0.2) is 69.7 Å². The van der Waals surface area contributed by atoms with Crippen molar-refractivity contribution in [1.29, 1.82) is 0 Å². The Morgan fingerprint density at radius 1 is 1.05 bits per heavy atom. The number of likely N-dealkylation sites (tertiary alicyclic amines) is 1. The Morgan fingerprint density at radius 3 is 2.30 bits per heavy atom. The van der Waals surface area contributed by atoms with Gasteiger partial charge >= 0.3 is 12.1 Å². The minimum Gasteiger partial charge on any atom is -0.490 e. The molecule has 2 saturated heterocycles. The average Bonchev–Trinajstić information content (AvgIpc) is 3.55. The van der Waals surface area contributed by atoms with Gasteiger partial charge in [-0.15, -0.1) is 0 Å². The summed E-state index contributed by atoms with van der Waals surface area (Å²) in [5.41, 5.74) is 3.44. The van der Waals surface area contributed by atoms with E-state index in [9.17, 15) is 18.0 Å². The summed E-state index contributed by atoms with van der Waals surface area (Å²) in [6.07, 6.45) is 0.289. The van der Waals surface area contributed by atoms with Gasteiger partial charge in [0, 0.05) is 45.0 Å². The number of hydrogen-bond donors (Lipinski definition) is 1. The molecule has 198 valence electrons. The molecule has 1 amide bonds. The van der Waals surface area contributed by atoms with Gasteiger partial charge in [-0.05, 0) is 42.2 Å². The summed E-state index contributed by atoms with van der Waals surface area (Å²) in [6.45, 7) is 2.19. The Bertz CT molecular complexity index is 1230. The number of hydrogen-bond acceptors (Lipinski definition) is 5. The van der Waals surface area contributed by atoms with Crippen molar-refractivity contribution in [3.8, 4) is 16.9 Å². The highest BCUT2D eigenvalue weighted by Gasteiger charge is 2.38. The summed E-state index contributed by atoms with van der Waals surface area (Å²) in [5, 5.41) is 12.6. The molecule has 2 aliphatic heterocycles. The van der Waals surface area contributed by atoms with Gasteiger partial charge in [0.2, 0.25) is 0 Å². The molecule has 1 N–H and O–H groups in total. The molecule has 3 aromatic rings. The highest BCUT2D eigenvalue weighted by Crippen LogP contribution is 2.27. The van der Waals surface area contributed by atoms with Crippen molar-refractivity contribution in [1.82, 2.24) is 14.7 Å². The van der Waals surface area contributed by atoms with E-state index in [0.29, 0.717) is 6.61 Å². The van der Waals surface area contributed by atoms with Crippen molar-refractivity contribution in [2.75, 3.05) is 19.7 Å². The monoisotopic (exact) mass is 519 g/mol. The Hall–Kier alpha value is -3.60. The first kappa shape index (κ1) is 26.5. The second-order valence-electron chi connectivity index (χ2n) is 9.01. The van der Waals surface area contributed by atoms with Crippen LogP contribution in [0.3, 0.4) is 0 Å². The highest BCUT2D eigenvalue weighted by molar-refractivity contribution is 5.84. The molecule has 2 fully saturated rings. The van der Waals surface area contributed by atoms with Crippen LogP contribution >= 0.6 is 0 Å². The van der Waals surface area contributed by atoms with E-state index in [-0.39, 0.29) is 18.1 Å². The Kier molecular flexibility index (Phi) is 8.01. The molecular formula is C26H28F3N3O5. The molecule has 2 aliphatic rings. The lowest BCUT2D eigenvalue weighted by molar-refractivity contribution is -0.192. The van der Waals surface area contributed by atoms with E-state index in [1.165, 1.54) is 5.56 Å². The lowest BCUT2D eigenvalue weighted by Crippen LogP contribution is -2.45. The van der Waals surface area contributed by atoms with Crippen molar-refractivity contribution >= 4 is 22.8 Å². The molecule has 2 aromatic carbocycles. The third-order valence-corrected chi connectivity index (χ3v) is 6.44. The van der Waals surface area contributed by atoms with Gasteiger partial charge in [0.1, 0.15) is 18.0 Å². The van der Waals surface area contributed by atoms with E-state index < -0.39 is 12.1 Å². The third-order valence-electron chi connectivity index (χ3n) is 6.44. The number of fused-ring (bicyclic) bond motifs is 1. The Balaban J connectivity index is 0.000000405. The minimum absolute atomic E-state index is 0.148. The number of rotatable bonds is 4.